The average molecular weight is 329 g/mol. The van der Waals surface area contributed by atoms with Crippen molar-refractivity contribution >= 4 is 26.9 Å². The lowest BCUT2D eigenvalue weighted by Gasteiger charge is -2.11. The number of benzene rings is 2. The highest BCUT2D eigenvalue weighted by atomic mass is 32.2. The second kappa shape index (κ2) is 5.55. The van der Waals surface area contributed by atoms with E-state index in [1.165, 1.54) is 0 Å². The van der Waals surface area contributed by atoms with E-state index in [0.717, 1.165) is 11.8 Å². The molecule has 0 aliphatic heterocycles. The van der Waals surface area contributed by atoms with Crippen LogP contribution in [-0.4, -0.2) is 14.7 Å². The highest BCUT2D eigenvalue weighted by molar-refractivity contribution is 7.92. The van der Waals surface area contributed by atoms with E-state index < -0.39 is 10.0 Å². The summed E-state index contributed by atoms with van der Waals surface area (Å²) in [6.07, 6.45) is 1.01. The molecule has 3 rings (SSSR count). The monoisotopic (exact) mass is 329 g/mol. The van der Waals surface area contributed by atoms with Gasteiger partial charge >= 0.3 is 0 Å². The van der Waals surface area contributed by atoms with Gasteiger partial charge in [0.2, 0.25) is 21.3 Å². The molecule has 0 aliphatic rings. The molecule has 1 N–H and O–H groups in total. The molecule has 0 atom stereocenters. The second-order valence-corrected chi connectivity index (χ2v) is 7.12. The molecular formula is C17H15NO4S. The standard InChI is InChI=1S/C17H15NO4S/c1-11-7-9-12(10-8-11)15-16(19)13-5-3-4-6-14(13)22-17(15)18-23(2,20)21/h3-10,18H,1-2H3. The Hall–Kier alpha value is -2.60. The smallest absolute Gasteiger partial charge is 0.232 e. The average Bonchev–Trinajstić information content (AvgIpc) is 2.47. The lowest BCUT2D eigenvalue weighted by Crippen LogP contribution is -2.15. The van der Waals surface area contributed by atoms with Crippen LogP contribution in [0.25, 0.3) is 22.1 Å². The molecule has 0 unspecified atom stereocenters. The van der Waals surface area contributed by atoms with E-state index in [2.05, 4.69) is 4.72 Å². The Bertz CT molecular complexity index is 1030. The molecule has 0 saturated heterocycles. The minimum atomic E-state index is -3.58. The largest absolute Gasteiger partial charge is 0.439 e. The Kier molecular flexibility index (Phi) is 3.69. The van der Waals surface area contributed by atoms with E-state index in [1.807, 2.05) is 19.1 Å². The van der Waals surface area contributed by atoms with Crippen molar-refractivity contribution < 1.29 is 12.8 Å². The fraction of sp³-hybridized carbons (Fsp3) is 0.118. The number of rotatable bonds is 3. The van der Waals surface area contributed by atoms with Crippen molar-refractivity contribution in [3.05, 3.63) is 64.3 Å². The maximum Gasteiger partial charge on any atom is 0.232 e. The van der Waals surface area contributed by atoms with Crippen LogP contribution in [0.15, 0.2) is 57.7 Å². The van der Waals surface area contributed by atoms with Crippen LogP contribution in [0.3, 0.4) is 0 Å². The van der Waals surface area contributed by atoms with Crippen LogP contribution in [0.1, 0.15) is 5.56 Å². The van der Waals surface area contributed by atoms with Gasteiger partial charge in [-0.2, -0.15) is 0 Å². The Labute approximate surface area is 133 Å². The SMILES string of the molecule is Cc1ccc(-c2c(NS(C)(=O)=O)oc3ccccc3c2=O)cc1. The first-order valence-corrected chi connectivity index (χ1v) is 8.85. The van der Waals surface area contributed by atoms with Gasteiger partial charge in [0, 0.05) is 0 Å². The molecule has 0 radical (unpaired) electrons. The van der Waals surface area contributed by atoms with Crippen molar-refractivity contribution in [3.63, 3.8) is 0 Å². The van der Waals surface area contributed by atoms with Crippen molar-refractivity contribution in [2.45, 2.75) is 6.92 Å². The van der Waals surface area contributed by atoms with Gasteiger partial charge in [0.1, 0.15) is 5.58 Å². The lowest BCUT2D eigenvalue weighted by atomic mass is 10.0. The van der Waals surface area contributed by atoms with E-state index in [-0.39, 0.29) is 16.9 Å². The fourth-order valence-corrected chi connectivity index (χ4v) is 2.85. The van der Waals surface area contributed by atoms with Gasteiger partial charge in [0.25, 0.3) is 0 Å². The molecule has 23 heavy (non-hydrogen) atoms. The van der Waals surface area contributed by atoms with Crippen LogP contribution >= 0.6 is 0 Å². The molecule has 3 aromatic rings. The lowest BCUT2D eigenvalue weighted by molar-refractivity contribution is 0.596. The Balaban J connectivity index is 2.36. The van der Waals surface area contributed by atoms with Crippen LogP contribution in [-0.2, 0) is 10.0 Å². The summed E-state index contributed by atoms with van der Waals surface area (Å²) in [7, 11) is -3.58. The van der Waals surface area contributed by atoms with Gasteiger partial charge in [-0.1, -0.05) is 42.0 Å². The normalized spacial score (nSPS) is 11.6. The van der Waals surface area contributed by atoms with E-state index in [1.54, 1.807) is 36.4 Å². The number of anilines is 1. The van der Waals surface area contributed by atoms with Crippen molar-refractivity contribution in [1.29, 1.82) is 0 Å². The molecule has 1 heterocycles. The summed E-state index contributed by atoms with van der Waals surface area (Å²) in [5.74, 6) is -0.0694. The highest BCUT2D eigenvalue weighted by Gasteiger charge is 2.18. The molecule has 6 heteroatoms. The summed E-state index contributed by atoms with van der Waals surface area (Å²) in [5, 5.41) is 0.405. The van der Waals surface area contributed by atoms with Gasteiger partial charge in [-0.05, 0) is 24.6 Å². The van der Waals surface area contributed by atoms with E-state index >= 15 is 0 Å². The van der Waals surface area contributed by atoms with Gasteiger partial charge < -0.3 is 4.42 Å². The molecule has 0 fully saturated rings. The predicted octanol–water partition coefficient (Wildman–Crippen LogP) is 3.14. The number of fused-ring (bicyclic) bond motifs is 1. The topological polar surface area (TPSA) is 76.4 Å². The summed E-state index contributed by atoms with van der Waals surface area (Å²) in [6, 6.07) is 14.0. The van der Waals surface area contributed by atoms with Crippen molar-refractivity contribution in [1.82, 2.24) is 0 Å². The number of nitrogens with one attached hydrogen (secondary N) is 1. The number of aryl methyl sites for hydroxylation is 1. The van der Waals surface area contributed by atoms with Crippen molar-refractivity contribution in [2.75, 3.05) is 11.0 Å². The van der Waals surface area contributed by atoms with Crippen LogP contribution in [0, 0.1) is 6.92 Å². The zero-order chi connectivity index (χ0) is 16.6. The summed E-state index contributed by atoms with van der Waals surface area (Å²) in [6.45, 7) is 1.93. The minimum absolute atomic E-state index is 0.0694. The van der Waals surface area contributed by atoms with Crippen molar-refractivity contribution in [3.8, 4) is 11.1 Å². The van der Waals surface area contributed by atoms with E-state index in [9.17, 15) is 13.2 Å². The van der Waals surface area contributed by atoms with Crippen LogP contribution in [0.5, 0.6) is 0 Å². The molecule has 0 aliphatic carbocycles. The predicted molar refractivity (Wildman–Crippen MR) is 91.1 cm³/mol. The number of hydrogen-bond acceptors (Lipinski definition) is 4. The first-order chi connectivity index (χ1) is 10.8. The molecule has 5 nitrogen and oxygen atoms in total. The van der Waals surface area contributed by atoms with Gasteiger partial charge in [0.15, 0.2) is 0 Å². The van der Waals surface area contributed by atoms with Crippen molar-refractivity contribution in [2.24, 2.45) is 0 Å². The highest BCUT2D eigenvalue weighted by Crippen LogP contribution is 2.29. The third-order valence-electron chi connectivity index (χ3n) is 3.42. The molecule has 0 spiro atoms. The van der Waals surface area contributed by atoms with E-state index in [0.29, 0.717) is 16.5 Å². The summed E-state index contributed by atoms with van der Waals surface area (Å²) in [5.41, 5.74) is 1.90. The molecule has 0 saturated carbocycles. The molecule has 118 valence electrons. The fourth-order valence-electron chi connectivity index (χ4n) is 2.36. The second-order valence-electron chi connectivity index (χ2n) is 5.37. The number of sulfonamides is 1. The molecule has 1 aromatic heterocycles. The zero-order valence-corrected chi connectivity index (χ0v) is 13.5. The molecule has 0 amide bonds. The van der Waals surface area contributed by atoms with Crippen LogP contribution < -0.4 is 10.2 Å². The molecular weight excluding hydrogens is 314 g/mol. The van der Waals surface area contributed by atoms with Gasteiger partial charge in [-0.3, -0.25) is 9.52 Å². The zero-order valence-electron chi connectivity index (χ0n) is 12.7. The Morgan fingerprint density at radius 2 is 1.65 bits per heavy atom. The Morgan fingerprint density at radius 1 is 1.00 bits per heavy atom. The van der Waals surface area contributed by atoms with E-state index in [4.69, 9.17) is 4.42 Å². The number of hydrogen-bond donors (Lipinski definition) is 1. The van der Waals surface area contributed by atoms with Gasteiger partial charge in [-0.25, -0.2) is 8.42 Å². The Morgan fingerprint density at radius 3 is 2.30 bits per heavy atom. The molecule has 2 aromatic carbocycles. The first-order valence-electron chi connectivity index (χ1n) is 6.96. The molecule has 0 bridgehead atoms. The van der Waals surface area contributed by atoms with Gasteiger partial charge in [-0.15, -0.1) is 0 Å². The number of para-hydroxylation sites is 1. The van der Waals surface area contributed by atoms with Crippen LogP contribution in [0.4, 0.5) is 5.88 Å². The first kappa shape index (κ1) is 15.3. The maximum absolute atomic E-state index is 12.8. The summed E-state index contributed by atoms with van der Waals surface area (Å²) < 4.78 is 31.2. The quantitative estimate of drug-likeness (QED) is 0.801. The minimum Gasteiger partial charge on any atom is -0.439 e. The maximum atomic E-state index is 12.8. The van der Waals surface area contributed by atoms with Crippen LogP contribution in [0.2, 0.25) is 0 Å². The van der Waals surface area contributed by atoms with Gasteiger partial charge in [0.05, 0.1) is 17.2 Å². The third kappa shape index (κ3) is 3.12. The summed E-state index contributed by atoms with van der Waals surface area (Å²) >= 11 is 0. The third-order valence-corrected chi connectivity index (χ3v) is 3.97. The summed E-state index contributed by atoms with van der Waals surface area (Å²) in [4.78, 5) is 12.8.